The summed E-state index contributed by atoms with van der Waals surface area (Å²) in [6.07, 6.45) is 7.28. The molecule has 8 nitrogen and oxygen atoms in total. The van der Waals surface area contributed by atoms with Crippen molar-refractivity contribution >= 4 is 17.6 Å². The standard InChI is InChI=1S/C19H24N6O2/c26-17(15-12-16(22-13-15)18(27)24-6-1-2-7-24)14-23-8-10-25(11-9-23)19-20-4-3-5-21-19/h3-5,12-13,22H,1-2,6-11,14H2/p+1. The first-order chi connectivity index (χ1) is 13.2. The number of nitrogens with zero attached hydrogens (tertiary/aromatic N) is 4. The van der Waals surface area contributed by atoms with Gasteiger partial charge in [0.05, 0.1) is 26.2 Å². The fourth-order valence-corrected chi connectivity index (χ4v) is 3.75. The van der Waals surface area contributed by atoms with Crippen molar-refractivity contribution in [1.29, 1.82) is 0 Å². The number of hydrogen-bond acceptors (Lipinski definition) is 5. The minimum atomic E-state index is -0.00428. The van der Waals surface area contributed by atoms with Gasteiger partial charge in [-0.25, -0.2) is 9.97 Å². The summed E-state index contributed by atoms with van der Waals surface area (Å²) in [5.41, 5.74) is 1.11. The van der Waals surface area contributed by atoms with E-state index >= 15 is 0 Å². The van der Waals surface area contributed by atoms with E-state index in [1.807, 2.05) is 11.0 Å². The van der Waals surface area contributed by atoms with Crippen LogP contribution in [0.1, 0.15) is 33.7 Å². The summed E-state index contributed by atoms with van der Waals surface area (Å²) in [5, 5.41) is 0. The Bertz CT molecular complexity index is 792. The van der Waals surface area contributed by atoms with Gasteiger partial charge in [-0.05, 0) is 25.0 Å². The predicted octanol–water partition coefficient (Wildman–Crippen LogP) is -0.371. The lowest BCUT2D eigenvalue weighted by Crippen LogP contribution is -3.15. The number of aromatic nitrogens is 3. The number of H-pyrrole nitrogens is 1. The Hall–Kier alpha value is -2.74. The van der Waals surface area contributed by atoms with Crippen LogP contribution in [0.2, 0.25) is 0 Å². The number of piperazine rings is 1. The smallest absolute Gasteiger partial charge is 0.270 e. The Morgan fingerprint density at radius 1 is 1.07 bits per heavy atom. The molecule has 142 valence electrons. The van der Waals surface area contributed by atoms with Crippen LogP contribution in [-0.2, 0) is 0 Å². The van der Waals surface area contributed by atoms with Crippen LogP contribution in [-0.4, -0.2) is 77.4 Å². The molecule has 0 atom stereocenters. The molecule has 1 amide bonds. The van der Waals surface area contributed by atoms with E-state index in [2.05, 4.69) is 19.9 Å². The number of nitrogens with one attached hydrogen (secondary N) is 2. The maximum atomic E-state index is 12.6. The van der Waals surface area contributed by atoms with Crippen LogP contribution >= 0.6 is 0 Å². The molecule has 0 saturated carbocycles. The molecule has 2 aliphatic rings. The van der Waals surface area contributed by atoms with Crippen molar-refractivity contribution in [3.63, 3.8) is 0 Å². The van der Waals surface area contributed by atoms with Crippen molar-refractivity contribution in [3.05, 3.63) is 42.0 Å². The molecule has 0 unspecified atom stereocenters. The van der Waals surface area contributed by atoms with Gasteiger partial charge in [0.25, 0.3) is 5.91 Å². The number of amides is 1. The number of aromatic amines is 1. The summed E-state index contributed by atoms with van der Waals surface area (Å²) < 4.78 is 0. The summed E-state index contributed by atoms with van der Waals surface area (Å²) in [7, 11) is 0. The lowest BCUT2D eigenvalue weighted by atomic mass is 10.2. The van der Waals surface area contributed by atoms with Gasteiger partial charge in [-0.15, -0.1) is 0 Å². The van der Waals surface area contributed by atoms with Gasteiger partial charge in [0.1, 0.15) is 12.2 Å². The summed E-state index contributed by atoms with van der Waals surface area (Å²) in [6, 6.07) is 3.51. The summed E-state index contributed by atoms with van der Waals surface area (Å²) in [5.74, 6) is 0.820. The number of quaternary nitrogens is 1. The van der Waals surface area contributed by atoms with Gasteiger partial charge < -0.3 is 19.7 Å². The summed E-state index contributed by atoms with van der Waals surface area (Å²) in [6.45, 7) is 5.46. The van der Waals surface area contributed by atoms with Gasteiger partial charge in [-0.1, -0.05) is 0 Å². The number of anilines is 1. The van der Waals surface area contributed by atoms with E-state index in [0.717, 1.165) is 58.1 Å². The number of rotatable bonds is 5. The lowest BCUT2D eigenvalue weighted by Gasteiger charge is -2.31. The normalized spacial score (nSPS) is 18.1. The molecule has 2 fully saturated rings. The lowest BCUT2D eigenvalue weighted by molar-refractivity contribution is -0.892. The maximum absolute atomic E-state index is 12.6. The van der Waals surface area contributed by atoms with Crippen molar-refractivity contribution in [1.82, 2.24) is 19.9 Å². The van der Waals surface area contributed by atoms with Crippen LogP contribution in [0.4, 0.5) is 5.95 Å². The second-order valence-electron chi connectivity index (χ2n) is 7.19. The minimum Gasteiger partial charge on any atom is -0.356 e. The number of carbonyl (C=O) groups is 2. The SMILES string of the molecule is O=C(C[NH+]1CCN(c2ncccn2)CC1)c1c[nH]c(C(=O)N2CCCC2)c1. The molecule has 0 bridgehead atoms. The fourth-order valence-electron chi connectivity index (χ4n) is 3.75. The van der Waals surface area contributed by atoms with E-state index in [4.69, 9.17) is 0 Å². The highest BCUT2D eigenvalue weighted by molar-refractivity contribution is 6.00. The number of hydrogen-bond donors (Lipinski definition) is 2. The second kappa shape index (κ2) is 7.87. The zero-order valence-electron chi connectivity index (χ0n) is 15.4. The number of carbonyl (C=O) groups excluding carboxylic acids is 2. The molecule has 2 saturated heterocycles. The first-order valence-electron chi connectivity index (χ1n) is 9.57. The largest absolute Gasteiger partial charge is 0.356 e. The average Bonchev–Trinajstić information content (AvgIpc) is 3.41. The molecular weight excluding hydrogens is 344 g/mol. The van der Waals surface area contributed by atoms with E-state index in [-0.39, 0.29) is 11.7 Å². The molecule has 0 aromatic carbocycles. The Morgan fingerprint density at radius 3 is 2.48 bits per heavy atom. The van der Waals surface area contributed by atoms with E-state index in [0.29, 0.717) is 17.8 Å². The molecule has 0 radical (unpaired) electrons. The van der Waals surface area contributed by atoms with Gasteiger partial charge in [0, 0.05) is 37.2 Å². The van der Waals surface area contributed by atoms with Crippen LogP contribution in [0.25, 0.3) is 0 Å². The molecular formula is C19H25N6O2+. The third-order valence-electron chi connectivity index (χ3n) is 5.34. The average molecular weight is 369 g/mol. The van der Waals surface area contributed by atoms with Crippen molar-refractivity contribution < 1.29 is 14.5 Å². The van der Waals surface area contributed by atoms with E-state index in [1.165, 1.54) is 4.90 Å². The van der Waals surface area contributed by atoms with Crippen molar-refractivity contribution in [2.75, 3.05) is 50.7 Å². The number of likely N-dealkylation sites (tertiary alicyclic amines) is 1. The molecule has 0 aliphatic carbocycles. The highest BCUT2D eigenvalue weighted by atomic mass is 16.2. The fraction of sp³-hybridized carbons (Fsp3) is 0.474. The van der Waals surface area contributed by atoms with Crippen LogP contribution in [0.15, 0.2) is 30.7 Å². The molecule has 27 heavy (non-hydrogen) atoms. The van der Waals surface area contributed by atoms with Crippen molar-refractivity contribution in [2.45, 2.75) is 12.8 Å². The van der Waals surface area contributed by atoms with E-state index < -0.39 is 0 Å². The molecule has 4 heterocycles. The summed E-state index contributed by atoms with van der Waals surface area (Å²) in [4.78, 5) is 41.8. The quantitative estimate of drug-likeness (QED) is 0.703. The van der Waals surface area contributed by atoms with Crippen LogP contribution in [0.3, 0.4) is 0 Å². The summed E-state index contributed by atoms with van der Waals surface area (Å²) >= 11 is 0. The minimum absolute atomic E-state index is 0.00428. The maximum Gasteiger partial charge on any atom is 0.270 e. The van der Waals surface area contributed by atoms with E-state index in [9.17, 15) is 9.59 Å². The highest BCUT2D eigenvalue weighted by Gasteiger charge is 2.26. The zero-order chi connectivity index (χ0) is 18.6. The van der Waals surface area contributed by atoms with Crippen molar-refractivity contribution in [3.8, 4) is 0 Å². The van der Waals surface area contributed by atoms with Gasteiger partial charge in [0.2, 0.25) is 11.7 Å². The van der Waals surface area contributed by atoms with Gasteiger partial charge in [0.15, 0.2) is 0 Å². The van der Waals surface area contributed by atoms with Crippen LogP contribution in [0.5, 0.6) is 0 Å². The first-order valence-corrected chi connectivity index (χ1v) is 9.57. The van der Waals surface area contributed by atoms with Crippen LogP contribution in [0, 0.1) is 0 Å². The molecule has 2 aromatic heterocycles. The molecule has 4 rings (SSSR count). The Labute approximate surface area is 158 Å². The molecule has 2 N–H and O–H groups in total. The highest BCUT2D eigenvalue weighted by Crippen LogP contribution is 2.13. The second-order valence-corrected chi connectivity index (χ2v) is 7.19. The topological polar surface area (TPSA) is 86.6 Å². The molecule has 2 aromatic rings. The van der Waals surface area contributed by atoms with Gasteiger partial charge in [-0.3, -0.25) is 9.59 Å². The Balaban J connectivity index is 1.30. The Kier molecular flexibility index (Phi) is 5.15. The molecule has 2 aliphatic heterocycles. The van der Waals surface area contributed by atoms with Gasteiger partial charge in [-0.2, -0.15) is 0 Å². The monoisotopic (exact) mass is 369 g/mol. The third-order valence-corrected chi connectivity index (χ3v) is 5.34. The van der Waals surface area contributed by atoms with Crippen LogP contribution < -0.4 is 9.80 Å². The molecule has 0 spiro atoms. The Morgan fingerprint density at radius 2 is 1.78 bits per heavy atom. The zero-order valence-corrected chi connectivity index (χ0v) is 15.4. The van der Waals surface area contributed by atoms with Gasteiger partial charge >= 0.3 is 0 Å². The predicted molar refractivity (Wildman–Crippen MR) is 100 cm³/mol. The van der Waals surface area contributed by atoms with E-state index in [1.54, 1.807) is 24.7 Å². The number of ketones is 1. The first kappa shape index (κ1) is 17.7. The van der Waals surface area contributed by atoms with Crippen molar-refractivity contribution in [2.24, 2.45) is 0 Å². The number of Topliss-reactive ketones (excluding diaryl/α,β-unsaturated/α-hetero) is 1. The third kappa shape index (κ3) is 4.00. The molecule has 8 heteroatoms.